The molecule has 0 aromatic heterocycles. The van der Waals surface area contributed by atoms with E-state index in [1.807, 2.05) is 19.1 Å². The zero-order valence-corrected chi connectivity index (χ0v) is 11.3. The number of likely N-dealkylation sites (tertiary alicyclic amines) is 1. The second kappa shape index (κ2) is 6.06. The lowest BCUT2D eigenvalue weighted by atomic mass is 10.0. The van der Waals surface area contributed by atoms with Crippen molar-refractivity contribution in [3.63, 3.8) is 0 Å². The minimum absolute atomic E-state index is 0.151. The van der Waals surface area contributed by atoms with E-state index in [0.717, 1.165) is 11.1 Å². The molecule has 1 heterocycles. The van der Waals surface area contributed by atoms with E-state index >= 15 is 0 Å². The third-order valence-electron chi connectivity index (χ3n) is 3.35. The molecule has 1 amide bonds. The van der Waals surface area contributed by atoms with Crippen LogP contribution < -0.4 is 5.73 Å². The van der Waals surface area contributed by atoms with Gasteiger partial charge in [-0.25, -0.2) is 0 Å². The van der Waals surface area contributed by atoms with Gasteiger partial charge in [0.2, 0.25) is 0 Å². The van der Waals surface area contributed by atoms with Crippen molar-refractivity contribution in [2.24, 2.45) is 5.73 Å². The van der Waals surface area contributed by atoms with Crippen molar-refractivity contribution in [1.29, 1.82) is 0 Å². The van der Waals surface area contributed by atoms with Gasteiger partial charge in [-0.15, -0.1) is 0 Å². The fraction of sp³-hybridized carbons (Fsp3) is 0.400. The Kier molecular flexibility index (Phi) is 4.40. The molecule has 1 saturated heterocycles. The highest BCUT2D eigenvalue weighted by Gasteiger charge is 2.33. The lowest BCUT2D eigenvalue weighted by Gasteiger charge is -2.17. The SMILES string of the molecule is Cc1ccc(C#CCN)cc1C(=O)N1CC(O)C(O)C1. The van der Waals surface area contributed by atoms with E-state index in [2.05, 4.69) is 11.8 Å². The van der Waals surface area contributed by atoms with Gasteiger partial charge in [0.1, 0.15) is 0 Å². The fourth-order valence-corrected chi connectivity index (χ4v) is 2.19. The summed E-state index contributed by atoms with van der Waals surface area (Å²) in [5, 5.41) is 19.0. The normalized spacial score (nSPS) is 21.5. The van der Waals surface area contributed by atoms with Gasteiger partial charge < -0.3 is 20.8 Å². The van der Waals surface area contributed by atoms with Crippen molar-refractivity contribution < 1.29 is 15.0 Å². The van der Waals surface area contributed by atoms with Crippen molar-refractivity contribution in [3.8, 4) is 11.8 Å². The number of benzene rings is 1. The zero-order valence-electron chi connectivity index (χ0n) is 11.3. The van der Waals surface area contributed by atoms with Crippen molar-refractivity contribution in [2.45, 2.75) is 19.1 Å². The van der Waals surface area contributed by atoms with Crippen molar-refractivity contribution in [1.82, 2.24) is 4.90 Å². The summed E-state index contributed by atoms with van der Waals surface area (Å²) in [6, 6.07) is 5.39. The molecule has 2 rings (SSSR count). The molecule has 1 aliphatic rings. The molecule has 4 N–H and O–H groups in total. The Morgan fingerprint density at radius 2 is 2.05 bits per heavy atom. The molecule has 2 atom stereocenters. The van der Waals surface area contributed by atoms with E-state index in [-0.39, 0.29) is 25.5 Å². The molecular weight excluding hydrogens is 256 g/mol. The van der Waals surface area contributed by atoms with Gasteiger partial charge in [-0.1, -0.05) is 17.9 Å². The highest BCUT2D eigenvalue weighted by Crippen LogP contribution is 2.18. The number of hydrogen-bond donors (Lipinski definition) is 3. The lowest BCUT2D eigenvalue weighted by Crippen LogP contribution is -2.30. The summed E-state index contributed by atoms with van der Waals surface area (Å²) in [4.78, 5) is 13.9. The van der Waals surface area contributed by atoms with Crippen LogP contribution in [0.1, 0.15) is 21.5 Å². The Morgan fingerprint density at radius 1 is 1.40 bits per heavy atom. The smallest absolute Gasteiger partial charge is 0.254 e. The van der Waals surface area contributed by atoms with Gasteiger partial charge in [-0.05, 0) is 24.6 Å². The van der Waals surface area contributed by atoms with Gasteiger partial charge >= 0.3 is 0 Å². The maximum Gasteiger partial charge on any atom is 0.254 e. The van der Waals surface area contributed by atoms with Gasteiger partial charge in [0.05, 0.1) is 18.8 Å². The predicted octanol–water partition coefficient (Wildman–Crippen LogP) is -0.517. The van der Waals surface area contributed by atoms with Gasteiger partial charge in [-0.2, -0.15) is 0 Å². The number of amides is 1. The van der Waals surface area contributed by atoms with Crippen LogP contribution in [0.5, 0.6) is 0 Å². The van der Waals surface area contributed by atoms with Crippen LogP contribution in [-0.2, 0) is 0 Å². The van der Waals surface area contributed by atoms with E-state index in [4.69, 9.17) is 5.73 Å². The topological polar surface area (TPSA) is 86.8 Å². The predicted molar refractivity (Wildman–Crippen MR) is 75.0 cm³/mol. The minimum Gasteiger partial charge on any atom is -0.388 e. The Bertz CT molecular complexity index is 564. The average Bonchev–Trinajstić information content (AvgIpc) is 2.77. The summed E-state index contributed by atoms with van der Waals surface area (Å²) in [5.74, 6) is 5.44. The molecule has 5 heteroatoms. The maximum atomic E-state index is 12.4. The lowest BCUT2D eigenvalue weighted by molar-refractivity contribution is 0.0572. The second-order valence-electron chi connectivity index (χ2n) is 4.88. The van der Waals surface area contributed by atoms with Crippen LogP contribution in [0, 0.1) is 18.8 Å². The third-order valence-corrected chi connectivity index (χ3v) is 3.35. The van der Waals surface area contributed by atoms with E-state index < -0.39 is 12.2 Å². The molecule has 1 aliphatic heterocycles. The number of aliphatic hydroxyl groups is 2. The quantitative estimate of drug-likeness (QED) is 0.602. The van der Waals surface area contributed by atoms with Crippen LogP contribution in [0.4, 0.5) is 0 Å². The largest absolute Gasteiger partial charge is 0.388 e. The van der Waals surface area contributed by atoms with Crippen molar-refractivity contribution in [2.75, 3.05) is 19.6 Å². The molecule has 0 radical (unpaired) electrons. The Labute approximate surface area is 118 Å². The molecule has 2 unspecified atom stereocenters. The average molecular weight is 274 g/mol. The van der Waals surface area contributed by atoms with Crippen LogP contribution in [-0.4, -0.2) is 52.9 Å². The van der Waals surface area contributed by atoms with E-state index in [9.17, 15) is 15.0 Å². The number of carbonyl (C=O) groups is 1. The molecule has 0 aliphatic carbocycles. The molecular formula is C15H18N2O3. The van der Waals surface area contributed by atoms with E-state index in [1.165, 1.54) is 4.90 Å². The molecule has 0 spiro atoms. The zero-order chi connectivity index (χ0) is 14.7. The second-order valence-corrected chi connectivity index (χ2v) is 4.88. The highest BCUT2D eigenvalue weighted by atomic mass is 16.3. The molecule has 1 aromatic rings. The van der Waals surface area contributed by atoms with Crippen LogP contribution in [0.25, 0.3) is 0 Å². The summed E-state index contributed by atoms with van der Waals surface area (Å²) in [6.07, 6.45) is -1.75. The number of nitrogens with two attached hydrogens (primary N) is 1. The summed E-state index contributed by atoms with van der Waals surface area (Å²) in [6.45, 7) is 2.41. The number of carbonyl (C=O) groups excluding carboxylic acids is 1. The number of hydrogen-bond acceptors (Lipinski definition) is 4. The standard InChI is InChI=1S/C15H18N2O3/c1-10-4-5-11(3-2-6-16)7-12(10)15(20)17-8-13(18)14(19)9-17/h4-5,7,13-14,18-19H,6,8-9,16H2,1H3. The molecule has 20 heavy (non-hydrogen) atoms. The van der Waals surface area contributed by atoms with Gasteiger partial charge in [0.25, 0.3) is 5.91 Å². The van der Waals surface area contributed by atoms with Gasteiger partial charge in [-0.3, -0.25) is 4.79 Å². The molecule has 0 saturated carbocycles. The molecule has 1 fully saturated rings. The molecule has 106 valence electrons. The van der Waals surface area contributed by atoms with Crippen molar-refractivity contribution >= 4 is 5.91 Å². The van der Waals surface area contributed by atoms with Crippen LogP contribution >= 0.6 is 0 Å². The monoisotopic (exact) mass is 274 g/mol. The first-order chi connectivity index (χ1) is 9.52. The van der Waals surface area contributed by atoms with E-state index in [1.54, 1.807) is 6.07 Å². The van der Waals surface area contributed by atoms with E-state index in [0.29, 0.717) is 5.56 Å². The number of aryl methyl sites for hydroxylation is 1. The van der Waals surface area contributed by atoms with Crippen LogP contribution in [0.15, 0.2) is 18.2 Å². The molecule has 0 bridgehead atoms. The maximum absolute atomic E-state index is 12.4. The summed E-state index contributed by atoms with van der Waals surface area (Å²) < 4.78 is 0. The van der Waals surface area contributed by atoms with Gasteiger partial charge in [0.15, 0.2) is 0 Å². The van der Waals surface area contributed by atoms with Gasteiger partial charge in [0, 0.05) is 24.2 Å². The molecule has 5 nitrogen and oxygen atoms in total. The Morgan fingerprint density at radius 3 is 2.65 bits per heavy atom. The van der Waals surface area contributed by atoms with Crippen LogP contribution in [0.2, 0.25) is 0 Å². The first-order valence-electron chi connectivity index (χ1n) is 6.48. The fourth-order valence-electron chi connectivity index (χ4n) is 2.19. The van der Waals surface area contributed by atoms with Crippen molar-refractivity contribution in [3.05, 3.63) is 34.9 Å². The minimum atomic E-state index is -0.875. The Balaban J connectivity index is 2.25. The summed E-state index contributed by atoms with van der Waals surface area (Å²) in [5.41, 5.74) is 7.43. The number of aliphatic hydroxyl groups excluding tert-OH is 2. The number of β-amino-alcohol motifs (C(OH)–C–C–N with tert-alkyl or cyclic N) is 2. The number of rotatable bonds is 1. The first-order valence-corrected chi connectivity index (χ1v) is 6.48. The number of nitrogens with zero attached hydrogens (tertiary/aromatic N) is 1. The Hall–Kier alpha value is -1.87. The highest BCUT2D eigenvalue weighted by molar-refractivity contribution is 5.96. The first kappa shape index (κ1) is 14.5. The summed E-state index contributed by atoms with van der Waals surface area (Å²) >= 11 is 0. The van der Waals surface area contributed by atoms with Crippen LogP contribution in [0.3, 0.4) is 0 Å². The molecule has 1 aromatic carbocycles. The summed E-state index contributed by atoms with van der Waals surface area (Å²) in [7, 11) is 0. The third kappa shape index (κ3) is 2.99.